The van der Waals surface area contributed by atoms with Gasteiger partial charge in [-0.1, -0.05) is 24.3 Å². The normalized spacial score (nSPS) is 24.2. The molecule has 2 bridgehead atoms. The molecule has 0 saturated carbocycles. The molecule has 5 fully saturated rings. The van der Waals surface area contributed by atoms with Gasteiger partial charge in [0.05, 0.1) is 29.3 Å². The molecule has 0 unspecified atom stereocenters. The van der Waals surface area contributed by atoms with Crippen LogP contribution < -0.4 is 40.1 Å². The van der Waals surface area contributed by atoms with Crippen molar-refractivity contribution in [2.24, 2.45) is 0 Å². The van der Waals surface area contributed by atoms with E-state index in [2.05, 4.69) is 76.4 Å². The van der Waals surface area contributed by atoms with Crippen LogP contribution in [0.15, 0.2) is 72.8 Å². The zero-order valence-corrected chi connectivity index (χ0v) is 33.4. The lowest BCUT2D eigenvalue weighted by Gasteiger charge is -2.44. The van der Waals surface area contributed by atoms with E-state index in [9.17, 15) is 14.7 Å². The molecule has 1 aromatic heterocycles. The average molecular weight is 800 g/mol. The minimum Gasteiger partial charge on any atom is -0.507 e. The number of anilines is 5. The molecular weight excluding hydrogens is 747 g/mol. The molecule has 5 saturated heterocycles. The van der Waals surface area contributed by atoms with E-state index < -0.39 is 0 Å². The smallest absolute Gasteiger partial charge is 0.249 e. The number of nitrogens with two attached hydrogens (primary N) is 1. The quantitative estimate of drug-likeness (QED) is 0.210. The van der Waals surface area contributed by atoms with Gasteiger partial charge in [-0.2, -0.15) is 0 Å². The highest BCUT2D eigenvalue weighted by atomic mass is 16.5. The predicted molar refractivity (Wildman–Crippen MR) is 227 cm³/mol. The number of nitrogen functional groups attached to an aromatic ring is 1. The number of benzene rings is 3. The number of carbonyl (C=O) groups is 2. The summed E-state index contributed by atoms with van der Waals surface area (Å²) in [6.45, 7) is 6.78. The van der Waals surface area contributed by atoms with E-state index in [1.807, 2.05) is 24.3 Å². The Bertz CT molecular complexity index is 2190. The first-order valence-electron chi connectivity index (χ1n) is 21.4. The van der Waals surface area contributed by atoms with E-state index >= 15 is 0 Å². The number of para-hydroxylation sites is 2. The maximum Gasteiger partial charge on any atom is 0.249 e. The highest BCUT2D eigenvalue weighted by molar-refractivity contribution is 6.02. The van der Waals surface area contributed by atoms with Gasteiger partial charge in [-0.3, -0.25) is 19.8 Å². The molecule has 4 N–H and O–H groups in total. The fourth-order valence-electron chi connectivity index (χ4n) is 10.5. The van der Waals surface area contributed by atoms with Crippen molar-refractivity contribution >= 4 is 40.4 Å². The third kappa shape index (κ3) is 7.32. The van der Waals surface area contributed by atoms with Gasteiger partial charge in [-0.25, -0.2) is 0 Å². The van der Waals surface area contributed by atoms with Gasteiger partial charge in [-0.15, -0.1) is 10.2 Å². The van der Waals surface area contributed by atoms with Crippen molar-refractivity contribution in [3.05, 3.63) is 72.8 Å². The Morgan fingerprint density at radius 3 is 2.29 bits per heavy atom. The van der Waals surface area contributed by atoms with Gasteiger partial charge in [0.25, 0.3) is 0 Å². The van der Waals surface area contributed by atoms with Crippen molar-refractivity contribution in [2.45, 2.75) is 81.6 Å². The maximum atomic E-state index is 12.7. The zero-order chi connectivity index (χ0) is 40.0. The van der Waals surface area contributed by atoms with Crippen LogP contribution in [0.1, 0.15) is 51.4 Å². The summed E-state index contributed by atoms with van der Waals surface area (Å²) < 4.78 is 13.0. The van der Waals surface area contributed by atoms with Gasteiger partial charge >= 0.3 is 0 Å². The summed E-state index contributed by atoms with van der Waals surface area (Å²) in [6, 6.07) is 24.9. The number of ether oxygens (including phenoxy) is 2. The van der Waals surface area contributed by atoms with E-state index in [0.29, 0.717) is 61.2 Å². The van der Waals surface area contributed by atoms with Crippen LogP contribution in [-0.4, -0.2) is 115 Å². The summed E-state index contributed by atoms with van der Waals surface area (Å²) >= 11 is 0. The Kier molecular flexibility index (Phi) is 10.0. The molecule has 7 heterocycles. The van der Waals surface area contributed by atoms with E-state index in [1.54, 1.807) is 12.1 Å². The highest BCUT2D eigenvalue weighted by Crippen LogP contribution is 2.44. The topological polar surface area (TPSA) is 153 Å². The van der Waals surface area contributed by atoms with Crippen LogP contribution in [0.3, 0.4) is 0 Å². The van der Waals surface area contributed by atoms with E-state index in [-0.39, 0.29) is 29.7 Å². The zero-order valence-electron chi connectivity index (χ0n) is 33.4. The van der Waals surface area contributed by atoms with Crippen LogP contribution in [0.25, 0.3) is 11.3 Å². The van der Waals surface area contributed by atoms with Crippen LogP contribution in [0.5, 0.6) is 17.2 Å². The first kappa shape index (κ1) is 37.5. The molecule has 6 aliphatic heterocycles. The van der Waals surface area contributed by atoms with Gasteiger partial charge < -0.3 is 39.9 Å². The van der Waals surface area contributed by atoms with Crippen LogP contribution in [-0.2, 0) is 9.59 Å². The van der Waals surface area contributed by atoms with Crippen molar-refractivity contribution in [1.82, 2.24) is 20.4 Å². The number of phenolic OH excluding ortho intramolecular Hbond substituents is 1. The SMILES string of the molecule is Nc1nnc(-c2ccccc2O)cc1N1C[C@H]2CC[C@@H](C1)N2c1cccc(OC2CCN(C3CCN(c4cccc5c4OCCN5[C@@H]4CCC(=O)NC4=O)CC3)CC2)c1. The van der Waals surface area contributed by atoms with Crippen molar-refractivity contribution in [3.63, 3.8) is 0 Å². The van der Waals surface area contributed by atoms with Crippen LogP contribution in [0, 0.1) is 0 Å². The van der Waals surface area contributed by atoms with Gasteiger partial charge in [0.15, 0.2) is 11.6 Å². The number of likely N-dealkylation sites (tertiary alicyclic amines) is 1. The molecule has 308 valence electrons. The Morgan fingerprint density at radius 2 is 1.51 bits per heavy atom. The molecule has 14 nitrogen and oxygen atoms in total. The number of rotatable bonds is 8. The second kappa shape index (κ2) is 15.8. The van der Waals surface area contributed by atoms with Crippen LogP contribution in [0.4, 0.5) is 28.6 Å². The minimum absolute atomic E-state index is 0.175. The number of imide groups is 1. The number of amides is 2. The van der Waals surface area contributed by atoms with Crippen LogP contribution in [0.2, 0.25) is 0 Å². The fourth-order valence-corrected chi connectivity index (χ4v) is 10.5. The summed E-state index contributed by atoms with van der Waals surface area (Å²) in [6.07, 6.45) is 7.50. The molecule has 10 rings (SSSR count). The third-order valence-corrected chi connectivity index (χ3v) is 13.5. The molecule has 3 aromatic carbocycles. The van der Waals surface area contributed by atoms with E-state index in [1.165, 1.54) is 5.69 Å². The highest BCUT2D eigenvalue weighted by Gasteiger charge is 2.41. The maximum absolute atomic E-state index is 12.7. The number of carbonyl (C=O) groups excluding carboxylic acids is 2. The lowest BCUT2D eigenvalue weighted by atomic mass is 9.98. The number of aromatic hydroxyl groups is 1. The number of nitrogens with one attached hydrogen (secondary N) is 1. The summed E-state index contributed by atoms with van der Waals surface area (Å²) in [7, 11) is 0. The molecule has 6 aliphatic rings. The molecule has 2 amide bonds. The standard InChI is InChI=1S/C45H53N9O5/c46-44-40(26-36(48-49-44)35-7-1-2-10-41(35)55)52-27-31-11-12-32(28-52)54(31)30-5-3-6-34(25-30)59-33-17-21-50(22-18-33)29-15-19-51(20-16-29)37-8-4-9-38-43(37)58-24-23-53(38)39-13-14-42(56)47-45(39)57/h1-10,25-26,29,31-33,39,55H,11-24,27-28H2,(H2,46,49)(H,47,56,57)/t31-,32+,39-/m1/s1. The van der Waals surface area contributed by atoms with Crippen LogP contribution >= 0.6 is 0 Å². The average Bonchev–Trinajstić information content (AvgIpc) is 3.53. The summed E-state index contributed by atoms with van der Waals surface area (Å²) in [5.41, 5.74) is 11.8. The number of phenols is 1. The first-order valence-corrected chi connectivity index (χ1v) is 21.4. The van der Waals surface area contributed by atoms with Crippen molar-refractivity contribution < 1.29 is 24.2 Å². The Balaban J connectivity index is 0.730. The molecule has 0 radical (unpaired) electrons. The van der Waals surface area contributed by atoms with Gasteiger partial charge in [-0.05, 0) is 87.4 Å². The fraction of sp³-hybridized carbons (Fsp3) is 0.467. The second-order valence-electron chi connectivity index (χ2n) is 16.9. The van der Waals surface area contributed by atoms with Crippen molar-refractivity contribution in [2.75, 3.05) is 77.8 Å². The summed E-state index contributed by atoms with van der Waals surface area (Å²) in [5, 5.41) is 21.5. The van der Waals surface area contributed by atoms with E-state index in [4.69, 9.17) is 15.2 Å². The van der Waals surface area contributed by atoms with Gasteiger partial charge in [0.2, 0.25) is 11.8 Å². The number of aromatic nitrogens is 2. The second-order valence-corrected chi connectivity index (χ2v) is 16.9. The molecule has 0 aliphatic carbocycles. The molecule has 14 heteroatoms. The number of hydrogen-bond donors (Lipinski definition) is 3. The van der Waals surface area contributed by atoms with E-state index in [0.717, 1.165) is 106 Å². The monoisotopic (exact) mass is 799 g/mol. The van der Waals surface area contributed by atoms with Gasteiger partial charge in [0.1, 0.15) is 30.3 Å². The number of piperazine rings is 1. The first-order chi connectivity index (χ1) is 28.9. The number of nitrogens with zero attached hydrogens (tertiary/aromatic N) is 7. The lowest BCUT2D eigenvalue weighted by molar-refractivity contribution is -0.134. The summed E-state index contributed by atoms with van der Waals surface area (Å²) in [5.74, 6) is 1.97. The van der Waals surface area contributed by atoms with Crippen molar-refractivity contribution in [3.8, 4) is 28.5 Å². The Hall–Kier alpha value is -5.76. The molecule has 4 aromatic rings. The number of piperidine rings is 3. The predicted octanol–water partition coefficient (Wildman–Crippen LogP) is 4.81. The number of hydrogen-bond acceptors (Lipinski definition) is 13. The molecule has 0 spiro atoms. The molecular formula is C45H53N9O5. The number of fused-ring (bicyclic) bond motifs is 3. The minimum atomic E-state index is -0.352. The van der Waals surface area contributed by atoms with Gasteiger partial charge in [0, 0.05) is 81.1 Å². The third-order valence-electron chi connectivity index (χ3n) is 13.5. The Labute approximate surface area is 344 Å². The molecule has 59 heavy (non-hydrogen) atoms. The molecule has 3 atom stereocenters. The lowest BCUT2D eigenvalue weighted by Crippen LogP contribution is -2.54. The van der Waals surface area contributed by atoms with Crippen molar-refractivity contribution in [1.29, 1.82) is 0 Å². The summed E-state index contributed by atoms with van der Waals surface area (Å²) in [4.78, 5) is 36.7. The largest absolute Gasteiger partial charge is 0.507 e. The Morgan fingerprint density at radius 1 is 0.746 bits per heavy atom.